The first-order valence-corrected chi connectivity index (χ1v) is 8.08. The van der Waals surface area contributed by atoms with Crippen molar-refractivity contribution in [1.82, 2.24) is 15.1 Å². The van der Waals surface area contributed by atoms with Gasteiger partial charge in [0.25, 0.3) is 5.91 Å². The monoisotopic (exact) mass is 341 g/mol. The summed E-state index contributed by atoms with van der Waals surface area (Å²) >= 11 is 0. The molecule has 0 fully saturated rings. The molecule has 0 saturated carbocycles. The number of amides is 1. The molecule has 0 spiro atoms. The van der Waals surface area contributed by atoms with E-state index in [1.54, 1.807) is 10.8 Å². The normalized spacial score (nSPS) is 12.2. The van der Waals surface area contributed by atoms with Crippen molar-refractivity contribution in [3.8, 4) is 0 Å². The second kappa shape index (κ2) is 8.28. The molecule has 25 heavy (non-hydrogen) atoms. The highest BCUT2D eigenvalue weighted by molar-refractivity contribution is 5.89. The number of hydrogen-bond donors (Lipinski definition) is 1. The number of ether oxygens (including phenoxy) is 1. The van der Waals surface area contributed by atoms with E-state index < -0.39 is 5.97 Å². The SMILES string of the molecule is Cc1nn(C)c(C)c1/C=C/C(=O)OCC(=O)N[C@@H](C)c1ccccc1. The van der Waals surface area contributed by atoms with Crippen LogP contribution in [0.5, 0.6) is 0 Å². The fourth-order valence-corrected chi connectivity index (χ4v) is 2.48. The molecule has 0 saturated heterocycles. The first-order chi connectivity index (χ1) is 11.9. The van der Waals surface area contributed by atoms with Gasteiger partial charge in [0.05, 0.1) is 11.7 Å². The van der Waals surface area contributed by atoms with Crippen LogP contribution in [0.3, 0.4) is 0 Å². The Balaban J connectivity index is 1.83. The van der Waals surface area contributed by atoms with Crippen LogP contribution in [0.2, 0.25) is 0 Å². The maximum atomic E-state index is 11.9. The zero-order valence-electron chi connectivity index (χ0n) is 14.9. The van der Waals surface area contributed by atoms with Gasteiger partial charge in [-0.3, -0.25) is 9.48 Å². The Morgan fingerprint density at radius 2 is 1.96 bits per heavy atom. The average molecular weight is 341 g/mol. The van der Waals surface area contributed by atoms with Crippen molar-refractivity contribution >= 4 is 18.0 Å². The molecule has 0 radical (unpaired) electrons. The number of aromatic nitrogens is 2. The minimum absolute atomic E-state index is 0.149. The molecule has 1 heterocycles. The minimum Gasteiger partial charge on any atom is -0.452 e. The smallest absolute Gasteiger partial charge is 0.331 e. The Morgan fingerprint density at radius 3 is 2.56 bits per heavy atom. The molecule has 0 unspecified atom stereocenters. The van der Waals surface area contributed by atoms with Crippen LogP contribution in [-0.2, 0) is 21.4 Å². The Hall–Kier alpha value is -2.89. The van der Waals surface area contributed by atoms with E-state index in [1.807, 2.05) is 58.2 Å². The van der Waals surface area contributed by atoms with Crippen molar-refractivity contribution in [2.24, 2.45) is 7.05 Å². The number of rotatable bonds is 6. The molecule has 1 aromatic heterocycles. The van der Waals surface area contributed by atoms with E-state index in [-0.39, 0.29) is 18.6 Å². The van der Waals surface area contributed by atoms with Gasteiger partial charge < -0.3 is 10.1 Å². The molecule has 1 aromatic carbocycles. The predicted molar refractivity (Wildman–Crippen MR) is 95.7 cm³/mol. The fourth-order valence-electron chi connectivity index (χ4n) is 2.48. The standard InChI is InChI=1S/C19H23N3O3/c1-13(16-8-6-5-7-9-16)20-18(23)12-25-19(24)11-10-17-14(2)21-22(4)15(17)3/h5-11,13H,12H2,1-4H3,(H,20,23)/b11-10+/t13-/m0/s1. The van der Waals surface area contributed by atoms with Gasteiger partial charge in [-0.15, -0.1) is 0 Å². The van der Waals surface area contributed by atoms with Crippen LogP contribution in [-0.4, -0.2) is 28.3 Å². The second-order valence-electron chi connectivity index (χ2n) is 5.85. The van der Waals surface area contributed by atoms with Gasteiger partial charge in [0.15, 0.2) is 6.61 Å². The molecule has 1 amide bonds. The van der Waals surface area contributed by atoms with E-state index in [0.29, 0.717) is 0 Å². The highest BCUT2D eigenvalue weighted by Crippen LogP contribution is 2.13. The fraction of sp³-hybridized carbons (Fsp3) is 0.316. The molecule has 0 aliphatic carbocycles. The van der Waals surface area contributed by atoms with Gasteiger partial charge in [0.2, 0.25) is 0 Å². The summed E-state index contributed by atoms with van der Waals surface area (Å²) < 4.78 is 6.73. The minimum atomic E-state index is -0.565. The zero-order valence-corrected chi connectivity index (χ0v) is 14.9. The summed E-state index contributed by atoms with van der Waals surface area (Å²) in [5.74, 6) is -0.906. The molecule has 6 heteroatoms. The van der Waals surface area contributed by atoms with Crippen LogP contribution in [0, 0.1) is 13.8 Å². The lowest BCUT2D eigenvalue weighted by atomic mass is 10.1. The summed E-state index contributed by atoms with van der Waals surface area (Å²) in [7, 11) is 1.84. The van der Waals surface area contributed by atoms with E-state index in [1.165, 1.54) is 6.08 Å². The molecule has 2 aromatic rings. The number of carbonyl (C=O) groups excluding carboxylic acids is 2. The van der Waals surface area contributed by atoms with E-state index in [0.717, 1.165) is 22.5 Å². The van der Waals surface area contributed by atoms with E-state index in [9.17, 15) is 9.59 Å². The van der Waals surface area contributed by atoms with Gasteiger partial charge >= 0.3 is 5.97 Å². The first kappa shape index (κ1) is 18.4. The summed E-state index contributed by atoms with van der Waals surface area (Å²) in [5.41, 5.74) is 3.65. The first-order valence-electron chi connectivity index (χ1n) is 8.08. The third-order valence-corrected chi connectivity index (χ3v) is 3.97. The van der Waals surface area contributed by atoms with Gasteiger partial charge in [-0.2, -0.15) is 5.10 Å². The molecule has 132 valence electrons. The van der Waals surface area contributed by atoms with Gasteiger partial charge in [0.1, 0.15) is 0 Å². The van der Waals surface area contributed by atoms with Crippen molar-refractivity contribution in [2.45, 2.75) is 26.8 Å². The molecule has 1 N–H and O–H groups in total. The number of hydrogen-bond acceptors (Lipinski definition) is 4. The summed E-state index contributed by atoms with van der Waals surface area (Å²) in [5, 5.41) is 7.07. The predicted octanol–water partition coefficient (Wildman–Crippen LogP) is 2.47. The van der Waals surface area contributed by atoms with Gasteiger partial charge in [0, 0.05) is 24.4 Å². The number of esters is 1. The van der Waals surface area contributed by atoms with Crippen LogP contribution in [0.15, 0.2) is 36.4 Å². The van der Waals surface area contributed by atoms with Crippen LogP contribution in [0.4, 0.5) is 0 Å². The van der Waals surface area contributed by atoms with Gasteiger partial charge in [-0.05, 0) is 32.4 Å². The number of carbonyl (C=O) groups is 2. The van der Waals surface area contributed by atoms with Crippen molar-refractivity contribution in [3.05, 3.63) is 58.9 Å². The molecular weight excluding hydrogens is 318 g/mol. The van der Waals surface area contributed by atoms with Gasteiger partial charge in [-0.1, -0.05) is 30.3 Å². The third kappa shape index (κ3) is 5.04. The van der Waals surface area contributed by atoms with Crippen LogP contribution in [0.25, 0.3) is 6.08 Å². The number of benzene rings is 1. The van der Waals surface area contributed by atoms with E-state index >= 15 is 0 Å². The quantitative estimate of drug-likeness (QED) is 0.647. The largest absolute Gasteiger partial charge is 0.452 e. The van der Waals surface area contributed by atoms with E-state index in [2.05, 4.69) is 10.4 Å². The Bertz CT molecular complexity index is 779. The summed E-state index contributed by atoms with van der Waals surface area (Å²) in [6, 6.07) is 9.44. The summed E-state index contributed by atoms with van der Waals surface area (Å²) in [4.78, 5) is 23.7. The molecule has 1 atom stereocenters. The molecule has 0 bridgehead atoms. The Kier molecular flexibility index (Phi) is 6.11. The highest BCUT2D eigenvalue weighted by Gasteiger charge is 2.11. The lowest BCUT2D eigenvalue weighted by Gasteiger charge is -2.13. The average Bonchev–Trinajstić information content (AvgIpc) is 2.84. The molecule has 0 aliphatic rings. The highest BCUT2D eigenvalue weighted by atomic mass is 16.5. The lowest BCUT2D eigenvalue weighted by Crippen LogP contribution is -2.30. The van der Waals surface area contributed by atoms with Gasteiger partial charge in [-0.25, -0.2) is 4.79 Å². The third-order valence-electron chi connectivity index (χ3n) is 3.97. The molecule has 2 rings (SSSR count). The van der Waals surface area contributed by atoms with Crippen molar-refractivity contribution < 1.29 is 14.3 Å². The van der Waals surface area contributed by atoms with Crippen molar-refractivity contribution in [2.75, 3.05) is 6.61 Å². The van der Waals surface area contributed by atoms with Crippen molar-refractivity contribution in [3.63, 3.8) is 0 Å². The second-order valence-corrected chi connectivity index (χ2v) is 5.85. The number of aryl methyl sites for hydroxylation is 2. The molecular formula is C19H23N3O3. The Labute approximate surface area is 147 Å². The zero-order chi connectivity index (χ0) is 18.4. The molecule has 0 aliphatic heterocycles. The number of nitrogens with zero attached hydrogens (tertiary/aromatic N) is 2. The summed E-state index contributed by atoms with van der Waals surface area (Å²) in [6.07, 6.45) is 2.97. The molecule has 6 nitrogen and oxygen atoms in total. The van der Waals surface area contributed by atoms with Crippen LogP contribution >= 0.6 is 0 Å². The number of nitrogens with one attached hydrogen (secondary N) is 1. The maximum Gasteiger partial charge on any atom is 0.331 e. The van der Waals surface area contributed by atoms with Crippen LogP contribution in [0.1, 0.15) is 35.5 Å². The van der Waals surface area contributed by atoms with Crippen LogP contribution < -0.4 is 5.32 Å². The lowest BCUT2D eigenvalue weighted by molar-refractivity contribution is -0.144. The Morgan fingerprint density at radius 1 is 1.28 bits per heavy atom. The van der Waals surface area contributed by atoms with Crippen molar-refractivity contribution in [1.29, 1.82) is 0 Å². The summed E-state index contributed by atoms with van der Waals surface area (Å²) in [6.45, 7) is 5.36. The topological polar surface area (TPSA) is 73.2 Å². The van der Waals surface area contributed by atoms with E-state index in [4.69, 9.17) is 4.74 Å². The maximum absolute atomic E-state index is 11.9.